The van der Waals surface area contributed by atoms with Gasteiger partial charge in [-0.15, -0.1) is 0 Å². The summed E-state index contributed by atoms with van der Waals surface area (Å²) in [7, 11) is 7.73. The van der Waals surface area contributed by atoms with Gasteiger partial charge < -0.3 is 0 Å². The number of quaternary nitrogens is 1. The molecule has 4 heteroatoms. The second-order valence-electron chi connectivity index (χ2n) is 2.96. The molecule has 0 rings (SSSR count). The Labute approximate surface area is 62.7 Å². The molecular formula is C6H17N4+. The molecule has 0 aromatic rings. The van der Waals surface area contributed by atoms with Gasteiger partial charge in [-0.25, -0.2) is 0 Å². The lowest BCUT2D eigenvalue weighted by atomic mass is 10.6. The average molecular weight is 145 g/mol. The molecule has 0 N–H and O–H groups in total. The molecule has 10 heavy (non-hydrogen) atoms. The van der Waals surface area contributed by atoms with E-state index in [1.165, 1.54) is 0 Å². The van der Waals surface area contributed by atoms with Crippen molar-refractivity contribution in [2.24, 2.45) is 10.4 Å². The molecule has 0 heterocycles. The van der Waals surface area contributed by atoms with Crippen LogP contribution in [0.5, 0.6) is 0 Å². The van der Waals surface area contributed by atoms with E-state index in [-0.39, 0.29) is 0 Å². The van der Waals surface area contributed by atoms with Gasteiger partial charge in [-0.1, -0.05) is 0 Å². The molecule has 0 fully saturated rings. The zero-order valence-electron chi connectivity index (χ0n) is 7.50. The van der Waals surface area contributed by atoms with Crippen molar-refractivity contribution >= 4 is 0 Å². The summed E-state index contributed by atoms with van der Waals surface area (Å²) < 4.78 is 0.582. The summed E-state index contributed by atoms with van der Waals surface area (Å²) in [5.41, 5.74) is 0. The van der Waals surface area contributed by atoms with Crippen LogP contribution in [0.1, 0.15) is 6.92 Å². The van der Waals surface area contributed by atoms with Crippen LogP contribution in [0.25, 0.3) is 0 Å². The van der Waals surface area contributed by atoms with Crippen LogP contribution in [0.3, 0.4) is 0 Å². The maximum atomic E-state index is 4.06. The van der Waals surface area contributed by atoms with Crippen LogP contribution in [0.4, 0.5) is 0 Å². The van der Waals surface area contributed by atoms with Gasteiger partial charge in [0, 0.05) is 19.3 Å². The third-order valence-corrected chi connectivity index (χ3v) is 1.23. The van der Waals surface area contributed by atoms with E-state index in [1.54, 1.807) is 5.01 Å². The Bertz CT molecular complexity index is 117. The Morgan fingerprint density at radius 3 is 2.10 bits per heavy atom. The Hall–Kier alpha value is -0.640. The number of nitrogens with zero attached hydrogens (tertiary/aromatic N) is 4. The maximum absolute atomic E-state index is 4.06. The third kappa shape index (κ3) is 4.26. The lowest BCUT2D eigenvalue weighted by Crippen LogP contribution is -2.32. The summed E-state index contributed by atoms with van der Waals surface area (Å²) in [4.78, 5) is 0. The Morgan fingerprint density at radius 2 is 1.80 bits per heavy atom. The Morgan fingerprint density at radius 1 is 1.30 bits per heavy atom. The molecular weight excluding hydrogens is 128 g/mol. The molecule has 0 saturated heterocycles. The minimum absolute atomic E-state index is 0.582. The third-order valence-electron chi connectivity index (χ3n) is 1.23. The largest absolute Gasteiger partial charge is 0.280 e. The zero-order chi connectivity index (χ0) is 8.20. The van der Waals surface area contributed by atoms with Crippen molar-refractivity contribution in [3.63, 3.8) is 0 Å². The molecule has 0 aliphatic rings. The highest BCUT2D eigenvalue weighted by Gasteiger charge is 2.09. The van der Waals surface area contributed by atoms with E-state index in [0.717, 1.165) is 6.54 Å². The maximum Gasteiger partial charge on any atom is 0.101 e. The molecule has 0 aromatic carbocycles. The molecule has 0 aromatic heterocycles. The summed E-state index contributed by atoms with van der Waals surface area (Å²) in [6.07, 6.45) is 0. The quantitative estimate of drug-likeness (QED) is 0.330. The van der Waals surface area contributed by atoms with Crippen molar-refractivity contribution in [1.82, 2.24) is 5.01 Å². The fourth-order valence-corrected chi connectivity index (χ4v) is 0.252. The highest BCUT2D eigenvalue weighted by Crippen LogP contribution is 1.97. The van der Waals surface area contributed by atoms with Gasteiger partial charge in [-0.3, -0.25) is 5.01 Å². The first kappa shape index (κ1) is 9.36. The van der Waals surface area contributed by atoms with E-state index in [2.05, 4.69) is 17.4 Å². The molecule has 0 aliphatic heterocycles. The second-order valence-corrected chi connectivity index (χ2v) is 2.96. The SMILES string of the molecule is CC[N+](C)(C)/N=N/N(C)C. The molecule has 0 radical (unpaired) electrons. The van der Waals surface area contributed by atoms with Gasteiger partial charge in [0.15, 0.2) is 0 Å². The second kappa shape index (κ2) is 3.51. The fraction of sp³-hybridized carbons (Fsp3) is 1.00. The van der Waals surface area contributed by atoms with Crippen LogP contribution in [-0.4, -0.2) is 44.3 Å². The van der Waals surface area contributed by atoms with Crippen molar-refractivity contribution in [3.05, 3.63) is 0 Å². The topological polar surface area (TPSA) is 28.0 Å². The van der Waals surface area contributed by atoms with Crippen molar-refractivity contribution in [2.75, 3.05) is 34.7 Å². The minimum Gasteiger partial charge on any atom is -0.280 e. The highest BCUT2D eigenvalue weighted by molar-refractivity contribution is 4.15. The normalized spacial score (nSPS) is 12.5. The summed E-state index contributed by atoms with van der Waals surface area (Å²) in [5, 5.41) is 9.65. The van der Waals surface area contributed by atoms with Gasteiger partial charge in [0.1, 0.15) is 6.54 Å². The number of hydrogen-bond acceptors (Lipinski definition) is 2. The molecule has 4 nitrogen and oxygen atoms in total. The first-order valence-corrected chi connectivity index (χ1v) is 3.41. The van der Waals surface area contributed by atoms with Gasteiger partial charge in [-0.05, 0) is 12.1 Å². The molecule has 0 saturated carbocycles. The Kier molecular flexibility index (Phi) is 3.28. The molecule has 0 amide bonds. The summed E-state index contributed by atoms with van der Waals surface area (Å²) >= 11 is 0. The van der Waals surface area contributed by atoms with Gasteiger partial charge in [0.2, 0.25) is 0 Å². The molecule has 0 atom stereocenters. The average Bonchev–Trinajstić information content (AvgIpc) is 1.85. The first-order valence-electron chi connectivity index (χ1n) is 3.41. The lowest BCUT2D eigenvalue weighted by Gasteiger charge is -2.17. The van der Waals surface area contributed by atoms with Crippen LogP contribution in [0.2, 0.25) is 0 Å². The first-order chi connectivity index (χ1) is 4.48. The molecule has 60 valence electrons. The lowest BCUT2D eigenvalue weighted by molar-refractivity contribution is -0.901. The predicted molar refractivity (Wildman–Crippen MR) is 41.2 cm³/mol. The zero-order valence-corrected chi connectivity index (χ0v) is 7.50. The van der Waals surface area contributed by atoms with Crippen LogP contribution in [0, 0.1) is 0 Å². The standard InChI is InChI=1S/C6H17N4/c1-6-10(4,5)8-7-9(2)3/h6H2,1-5H3/q+1/b8-7+. The van der Waals surface area contributed by atoms with E-state index < -0.39 is 0 Å². The summed E-state index contributed by atoms with van der Waals surface area (Å²) in [6.45, 7) is 3.03. The molecule has 0 aliphatic carbocycles. The van der Waals surface area contributed by atoms with E-state index in [0.29, 0.717) is 4.59 Å². The van der Waals surface area contributed by atoms with Gasteiger partial charge in [-0.2, -0.15) is 4.59 Å². The highest BCUT2D eigenvalue weighted by atomic mass is 15.7. The van der Waals surface area contributed by atoms with E-state index >= 15 is 0 Å². The van der Waals surface area contributed by atoms with Crippen molar-refractivity contribution in [3.8, 4) is 0 Å². The molecule has 0 spiro atoms. The predicted octanol–water partition coefficient (Wildman–Crippen LogP) is 0.926. The van der Waals surface area contributed by atoms with Gasteiger partial charge in [0.05, 0.1) is 14.1 Å². The van der Waals surface area contributed by atoms with Crippen LogP contribution < -0.4 is 0 Å². The van der Waals surface area contributed by atoms with E-state index in [1.807, 2.05) is 28.2 Å². The monoisotopic (exact) mass is 145 g/mol. The minimum atomic E-state index is 0.582. The van der Waals surface area contributed by atoms with E-state index in [4.69, 9.17) is 0 Å². The van der Waals surface area contributed by atoms with Crippen molar-refractivity contribution < 1.29 is 4.59 Å². The smallest absolute Gasteiger partial charge is 0.101 e. The molecule has 0 bridgehead atoms. The molecule has 0 unspecified atom stereocenters. The Balaban J connectivity index is 3.86. The summed E-state index contributed by atoms with van der Waals surface area (Å²) in [5.74, 6) is 0. The number of rotatable bonds is 3. The van der Waals surface area contributed by atoms with Crippen molar-refractivity contribution in [2.45, 2.75) is 6.92 Å². The van der Waals surface area contributed by atoms with Crippen LogP contribution in [0.15, 0.2) is 10.4 Å². The van der Waals surface area contributed by atoms with Gasteiger partial charge >= 0.3 is 0 Å². The van der Waals surface area contributed by atoms with Crippen LogP contribution >= 0.6 is 0 Å². The number of hydrogen-bond donors (Lipinski definition) is 0. The van der Waals surface area contributed by atoms with Crippen molar-refractivity contribution in [1.29, 1.82) is 0 Å². The summed E-state index contributed by atoms with van der Waals surface area (Å²) in [6, 6.07) is 0. The van der Waals surface area contributed by atoms with E-state index in [9.17, 15) is 0 Å². The van der Waals surface area contributed by atoms with Gasteiger partial charge in [0.25, 0.3) is 0 Å². The fourth-order valence-electron chi connectivity index (χ4n) is 0.252. The van der Waals surface area contributed by atoms with Crippen LogP contribution in [-0.2, 0) is 0 Å².